The summed E-state index contributed by atoms with van der Waals surface area (Å²) in [6.45, 7) is 2.03. The summed E-state index contributed by atoms with van der Waals surface area (Å²) >= 11 is 7.37. The first-order valence-electron chi connectivity index (χ1n) is 5.22. The third-order valence-electron chi connectivity index (χ3n) is 2.16. The lowest BCUT2D eigenvalue weighted by molar-refractivity contribution is -0.114. The first-order chi connectivity index (χ1) is 8.65. The monoisotopic (exact) mass is 282 g/mol. The van der Waals surface area contributed by atoms with Crippen LogP contribution < -0.4 is 10.6 Å². The Morgan fingerprint density at radius 1 is 1.50 bits per heavy atom. The van der Waals surface area contributed by atoms with Gasteiger partial charge in [0.1, 0.15) is 0 Å². The summed E-state index contributed by atoms with van der Waals surface area (Å²) in [6.07, 6.45) is 0. The smallest absolute Gasteiger partial charge is 0.221 e. The zero-order valence-electron chi connectivity index (χ0n) is 9.61. The van der Waals surface area contributed by atoms with Gasteiger partial charge in [-0.3, -0.25) is 4.79 Å². The number of halogens is 1. The number of benzene rings is 1. The van der Waals surface area contributed by atoms with Crippen molar-refractivity contribution in [2.45, 2.75) is 13.5 Å². The van der Waals surface area contributed by atoms with Gasteiger partial charge in [-0.15, -0.1) is 5.10 Å². The normalized spacial score (nSPS) is 10.1. The lowest BCUT2D eigenvalue weighted by atomic mass is 10.2. The Balaban J connectivity index is 2.02. The fourth-order valence-electron chi connectivity index (χ4n) is 1.37. The van der Waals surface area contributed by atoms with Crippen molar-refractivity contribution in [3.05, 3.63) is 34.3 Å². The maximum absolute atomic E-state index is 10.9. The van der Waals surface area contributed by atoms with E-state index in [1.54, 1.807) is 12.1 Å². The molecule has 5 nitrogen and oxygen atoms in total. The first-order valence-corrected chi connectivity index (χ1v) is 6.43. The molecule has 18 heavy (non-hydrogen) atoms. The summed E-state index contributed by atoms with van der Waals surface area (Å²) in [5.74, 6) is -0.147. The van der Waals surface area contributed by atoms with Gasteiger partial charge in [0.25, 0.3) is 0 Å². The van der Waals surface area contributed by atoms with Crippen molar-refractivity contribution in [1.82, 2.24) is 9.59 Å². The van der Waals surface area contributed by atoms with E-state index in [9.17, 15) is 4.79 Å². The van der Waals surface area contributed by atoms with Gasteiger partial charge >= 0.3 is 0 Å². The predicted octanol–water partition coefficient (Wildman–Crippen LogP) is 2.76. The molecule has 0 spiro atoms. The van der Waals surface area contributed by atoms with Crippen LogP contribution in [0.3, 0.4) is 0 Å². The number of anilines is 2. The average Bonchev–Trinajstić information content (AvgIpc) is 2.82. The molecule has 7 heteroatoms. The summed E-state index contributed by atoms with van der Waals surface area (Å²) in [4.78, 5) is 10.9. The molecule has 1 amide bonds. The van der Waals surface area contributed by atoms with Gasteiger partial charge in [-0.1, -0.05) is 16.1 Å². The second-order valence-electron chi connectivity index (χ2n) is 3.63. The largest absolute Gasteiger partial charge is 0.379 e. The van der Waals surface area contributed by atoms with E-state index in [1.165, 1.54) is 18.5 Å². The second kappa shape index (κ2) is 5.79. The van der Waals surface area contributed by atoms with Crippen molar-refractivity contribution in [2.75, 3.05) is 10.6 Å². The van der Waals surface area contributed by atoms with Crippen molar-refractivity contribution >= 4 is 40.4 Å². The maximum Gasteiger partial charge on any atom is 0.221 e. The highest BCUT2D eigenvalue weighted by Crippen LogP contribution is 2.25. The average molecular weight is 283 g/mol. The molecule has 1 aromatic heterocycles. The fourth-order valence-corrected chi connectivity index (χ4v) is 2.05. The molecule has 2 aromatic rings. The molecule has 1 aromatic carbocycles. The van der Waals surface area contributed by atoms with Crippen LogP contribution in [-0.2, 0) is 11.3 Å². The topological polar surface area (TPSA) is 66.9 Å². The quantitative estimate of drug-likeness (QED) is 0.905. The number of rotatable bonds is 4. The van der Waals surface area contributed by atoms with Crippen LogP contribution in [0.1, 0.15) is 12.6 Å². The number of hydrogen-bond acceptors (Lipinski definition) is 5. The van der Waals surface area contributed by atoms with Crippen LogP contribution >= 0.6 is 23.1 Å². The molecule has 0 fully saturated rings. The molecule has 0 aliphatic heterocycles. The van der Waals surface area contributed by atoms with E-state index in [1.807, 2.05) is 11.4 Å². The van der Waals surface area contributed by atoms with Gasteiger partial charge in [-0.2, -0.15) is 0 Å². The SMILES string of the molecule is CC(=O)Nc1ccc(NCc2csnn2)cc1Cl. The number of hydrogen-bond donors (Lipinski definition) is 2. The minimum Gasteiger partial charge on any atom is -0.379 e. The molecule has 0 bridgehead atoms. The van der Waals surface area contributed by atoms with E-state index < -0.39 is 0 Å². The predicted molar refractivity (Wildman–Crippen MR) is 73.0 cm³/mol. The molecule has 0 saturated carbocycles. The van der Waals surface area contributed by atoms with Crippen LogP contribution in [-0.4, -0.2) is 15.5 Å². The standard InChI is InChI=1S/C11H11ClN4OS/c1-7(17)14-11-3-2-8(4-10(11)12)13-5-9-6-18-16-15-9/h2-4,6,13H,5H2,1H3,(H,14,17). The number of aromatic nitrogens is 2. The van der Waals surface area contributed by atoms with E-state index >= 15 is 0 Å². The van der Waals surface area contributed by atoms with Crippen LogP contribution in [0.15, 0.2) is 23.6 Å². The lowest BCUT2D eigenvalue weighted by Gasteiger charge is -2.08. The van der Waals surface area contributed by atoms with E-state index in [-0.39, 0.29) is 5.91 Å². The molecule has 0 unspecified atom stereocenters. The van der Waals surface area contributed by atoms with Gasteiger partial charge in [0, 0.05) is 18.0 Å². The van der Waals surface area contributed by atoms with Crippen molar-refractivity contribution in [3.8, 4) is 0 Å². The molecule has 0 radical (unpaired) electrons. The number of nitrogens with zero attached hydrogens (tertiary/aromatic N) is 2. The van der Waals surface area contributed by atoms with Crippen LogP contribution in [0.2, 0.25) is 5.02 Å². The highest BCUT2D eigenvalue weighted by Gasteiger charge is 2.04. The second-order valence-corrected chi connectivity index (χ2v) is 4.64. The van der Waals surface area contributed by atoms with Gasteiger partial charge in [0.15, 0.2) is 0 Å². The van der Waals surface area contributed by atoms with E-state index in [0.717, 1.165) is 11.4 Å². The minimum atomic E-state index is -0.147. The Labute approximate surface area is 113 Å². The molecule has 0 aliphatic carbocycles. The summed E-state index contributed by atoms with van der Waals surface area (Å²) < 4.78 is 3.78. The van der Waals surface area contributed by atoms with Gasteiger partial charge in [-0.05, 0) is 29.7 Å². The minimum absolute atomic E-state index is 0.147. The van der Waals surface area contributed by atoms with Crippen molar-refractivity contribution in [3.63, 3.8) is 0 Å². The Kier molecular flexibility index (Phi) is 4.11. The van der Waals surface area contributed by atoms with Gasteiger partial charge in [0.2, 0.25) is 5.91 Å². The molecule has 1 heterocycles. The third kappa shape index (κ3) is 3.41. The van der Waals surface area contributed by atoms with Crippen LogP contribution in [0.5, 0.6) is 0 Å². The molecule has 0 atom stereocenters. The number of nitrogens with one attached hydrogen (secondary N) is 2. The van der Waals surface area contributed by atoms with Gasteiger partial charge < -0.3 is 10.6 Å². The van der Waals surface area contributed by atoms with Crippen molar-refractivity contribution in [1.29, 1.82) is 0 Å². The van der Waals surface area contributed by atoms with Crippen molar-refractivity contribution in [2.24, 2.45) is 0 Å². The summed E-state index contributed by atoms with van der Waals surface area (Å²) in [5.41, 5.74) is 2.34. The molecule has 2 rings (SSSR count). The summed E-state index contributed by atoms with van der Waals surface area (Å²) in [7, 11) is 0. The van der Waals surface area contributed by atoms with Crippen LogP contribution in [0, 0.1) is 0 Å². The highest BCUT2D eigenvalue weighted by atomic mass is 35.5. The summed E-state index contributed by atoms with van der Waals surface area (Å²) in [6, 6.07) is 5.36. The zero-order chi connectivity index (χ0) is 13.0. The Morgan fingerprint density at radius 3 is 2.94 bits per heavy atom. The van der Waals surface area contributed by atoms with Crippen molar-refractivity contribution < 1.29 is 4.79 Å². The zero-order valence-corrected chi connectivity index (χ0v) is 11.2. The van der Waals surface area contributed by atoms with E-state index in [0.29, 0.717) is 17.3 Å². The molecule has 94 valence electrons. The molecule has 0 aliphatic rings. The van der Waals surface area contributed by atoms with Crippen LogP contribution in [0.4, 0.5) is 11.4 Å². The Morgan fingerprint density at radius 2 is 2.33 bits per heavy atom. The highest BCUT2D eigenvalue weighted by molar-refractivity contribution is 7.03. The molecular formula is C11H11ClN4OS. The Hall–Kier alpha value is -1.66. The molecule has 0 saturated heterocycles. The van der Waals surface area contributed by atoms with E-state index in [4.69, 9.17) is 11.6 Å². The maximum atomic E-state index is 10.9. The Bertz CT molecular complexity index is 544. The molecular weight excluding hydrogens is 272 g/mol. The fraction of sp³-hybridized carbons (Fsp3) is 0.182. The van der Waals surface area contributed by atoms with Gasteiger partial charge in [0.05, 0.1) is 22.9 Å². The number of amides is 1. The third-order valence-corrected chi connectivity index (χ3v) is 3.02. The number of carbonyl (C=O) groups is 1. The number of carbonyl (C=O) groups excluding carboxylic acids is 1. The molecule has 2 N–H and O–H groups in total. The van der Waals surface area contributed by atoms with E-state index in [2.05, 4.69) is 20.2 Å². The first kappa shape index (κ1) is 12.8. The summed E-state index contributed by atoms with van der Waals surface area (Å²) in [5, 5.41) is 12.1. The lowest BCUT2D eigenvalue weighted by Crippen LogP contribution is -2.06. The van der Waals surface area contributed by atoms with Gasteiger partial charge in [-0.25, -0.2) is 0 Å². The van der Waals surface area contributed by atoms with Crippen LogP contribution in [0.25, 0.3) is 0 Å².